The average Bonchev–Trinajstić information content (AvgIpc) is 2.47. The molecule has 1 aliphatic heterocycles. The number of rotatable bonds is 4. The summed E-state index contributed by atoms with van der Waals surface area (Å²) in [4.78, 5) is 15.2. The Kier molecular flexibility index (Phi) is 5.46. The number of nitrogens with zero attached hydrogens (tertiary/aromatic N) is 1. The lowest BCUT2D eigenvalue weighted by atomic mass is 10.2. The summed E-state index contributed by atoms with van der Waals surface area (Å²) >= 11 is 1.56. The topological polar surface area (TPSA) is 49.8 Å². The van der Waals surface area contributed by atoms with Crippen LogP contribution in [-0.2, 0) is 9.53 Å². The number of ether oxygens (including phenoxy) is 1. The monoisotopic (exact) mass is 295 g/mol. The van der Waals surface area contributed by atoms with Crippen molar-refractivity contribution < 1.29 is 14.6 Å². The van der Waals surface area contributed by atoms with E-state index in [1.54, 1.807) is 16.7 Å². The maximum Gasteiger partial charge on any atom is 0.233 e. The van der Waals surface area contributed by atoms with E-state index in [0.717, 1.165) is 4.90 Å². The van der Waals surface area contributed by atoms with Gasteiger partial charge in [0.2, 0.25) is 5.91 Å². The molecule has 0 aliphatic carbocycles. The van der Waals surface area contributed by atoms with Crippen molar-refractivity contribution in [2.24, 2.45) is 0 Å². The quantitative estimate of drug-likeness (QED) is 0.858. The Labute approximate surface area is 124 Å². The molecule has 1 saturated heterocycles. The van der Waals surface area contributed by atoms with Crippen LogP contribution in [0.1, 0.15) is 11.1 Å². The minimum absolute atomic E-state index is 0.0418. The van der Waals surface area contributed by atoms with Gasteiger partial charge in [0.25, 0.3) is 0 Å². The number of amides is 1. The molecule has 0 bridgehead atoms. The summed E-state index contributed by atoms with van der Waals surface area (Å²) in [6.45, 7) is 5.61. The third kappa shape index (κ3) is 3.75. The highest BCUT2D eigenvalue weighted by atomic mass is 32.2. The Balaban J connectivity index is 1.95. The number of carbonyl (C=O) groups is 1. The van der Waals surface area contributed by atoms with Gasteiger partial charge in [-0.15, -0.1) is 11.8 Å². The van der Waals surface area contributed by atoms with E-state index < -0.39 is 0 Å². The Morgan fingerprint density at radius 1 is 1.50 bits per heavy atom. The maximum atomic E-state index is 12.3. The average molecular weight is 295 g/mol. The first kappa shape index (κ1) is 15.4. The van der Waals surface area contributed by atoms with Crippen molar-refractivity contribution in [2.75, 3.05) is 32.1 Å². The molecule has 5 heteroatoms. The fourth-order valence-corrected chi connectivity index (χ4v) is 3.23. The molecule has 1 aromatic rings. The second-order valence-corrected chi connectivity index (χ2v) is 6.07. The smallest absolute Gasteiger partial charge is 0.233 e. The Bertz CT molecular complexity index is 478. The zero-order chi connectivity index (χ0) is 14.5. The van der Waals surface area contributed by atoms with Crippen molar-refractivity contribution in [2.45, 2.75) is 24.8 Å². The summed E-state index contributed by atoms with van der Waals surface area (Å²) in [6, 6.07) is 6.06. The van der Waals surface area contributed by atoms with E-state index in [2.05, 4.69) is 32.0 Å². The van der Waals surface area contributed by atoms with Crippen LogP contribution in [0.4, 0.5) is 0 Å². The molecular weight excluding hydrogens is 274 g/mol. The van der Waals surface area contributed by atoms with Crippen LogP contribution in [-0.4, -0.2) is 54.1 Å². The summed E-state index contributed by atoms with van der Waals surface area (Å²) in [5.74, 6) is 0.471. The molecule has 0 saturated carbocycles. The standard InChI is InChI=1S/C15H21NO3S/c1-11-3-4-12(2)14(7-11)20-10-15(18)16-5-6-19-9-13(16)8-17/h3-4,7,13,17H,5-6,8-10H2,1-2H3. The van der Waals surface area contributed by atoms with Crippen LogP contribution >= 0.6 is 11.8 Å². The van der Waals surface area contributed by atoms with Gasteiger partial charge in [-0.25, -0.2) is 0 Å². The molecule has 20 heavy (non-hydrogen) atoms. The highest BCUT2D eigenvalue weighted by Gasteiger charge is 2.26. The number of carbonyl (C=O) groups excluding carboxylic acids is 1. The predicted molar refractivity (Wildman–Crippen MR) is 80.0 cm³/mol. The molecule has 1 aromatic carbocycles. The van der Waals surface area contributed by atoms with Crippen molar-refractivity contribution in [3.8, 4) is 0 Å². The number of thioether (sulfide) groups is 1. The predicted octanol–water partition coefficient (Wildman–Crippen LogP) is 1.62. The summed E-state index contributed by atoms with van der Waals surface area (Å²) in [6.07, 6.45) is 0. The second kappa shape index (κ2) is 7.11. The van der Waals surface area contributed by atoms with Gasteiger partial charge >= 0.3 is 0 Å². The Morgan fingerprint density at radius 2 is 2.30 bits per heavy atom. The van der Waals surface area contributed by atoms with E-state index in [9.17, 15) is 9.90 Å². The third-order valence-corrected chi connectivity index (χ3v) is 4.60. The fraction of sp³-hybridized carbons (Fsp3) is 0.533. The van der Waals surface area contributed by atoms with E-state index in [4.69, 9.17) is 4.74 Å². The van der Waals surface area contributed by atoms with Crippen molar-refractivity contribution in [1.82, 2.24) is 4.90 Å². The molecule has 0 aromatic heterocycles. The summed E-state index contributed by atoms with van der Waals surface area (Å²) in [5.41, 5.74) is 2.39. The van der Waals surface area contributed by atoms with Crippen LogP contribution < -0.4 is 0 Å². The maximum absolute atomic E-state index is 12.3. The largest absolute Gasteiger partial charge is 0.394 e. The molecule has 110 valence electrons. The van der Waals surface area contributed by atoms with E-state index >= 15 is 0 Å². The molecule has 1 fully saturated rings. The lowest BCUT2D eigenvalue weighted by molar-refractivity contribution is -0.138. The Hall–Kier alpha value is -1.04. The van der Waals surface area contributed by atoms with Gasteiger partial charge in [-0.2, -0.15) is 0 Å². The Morgan fingerprint density at radius 3 is 3.05 bits per heavy atom. The van der Waals surface area contributed by atoms with E-state index in [0.29, 0.717) is 25.5 Å². The molecule has 2 rings (SSSR count). The minimum atomic E-state index is -0.199. The summed E-state index contributed by atoms with van der Waals surface area (Å²) < 4.78 is 5.29. The SMILES string of the molecule is Cc1ccc(C)c(SCC(=O)N2CCOCC2CO)c1. The molecule has 1 atom stereocenters. The van der Waals surface area contributed by atoms with Gasteiger partial charge in [-0.1, -0.05) is 17.7 Å². The van der Waals surface area contributed by atoms with Crippen LogP contribution in [0.15, 0.2) is 23.1 Å². The lowest BCUT2D eigenvalue weighted by Gasteiger charge is -2.34. The number of aryl methyl sites for hydroxylation is 2. The van der Waals surface area contributed by atoms with Crippen molar-refractivity contribution in [3.63, 3.8) is 0 Å². The molecule has 0 radical (unpaired) electrons. The molecule has 1 amide bonds. The van der Waals surface area contributed by atoms with Crippen molar-refractivity contribution in [1.29, 1.82) is 0 Å². The zero-order valence-corrected chi connectivity index (χ0v) is 12.8. The van der Waals surface area contributed by atoms with E-state index in [1.807, 2.05) is 0 Å². The van der Waals surface area contributed by atoms with Crippen LogP contribution in [0.3, 0.4) is 0 Å². The number of aliphatic hydroxyl groups is 1. The molecular formula is C15H21NO3S. The second-order valence-electron chi connectivity index (χ2n) is 5.06. The normalized spacial score (nSPS) is 19.1. The first-order valence-corrected chi connectivity index (χ1v) is 7.78. The highest BCUT2D eigenvalue weighted by molar-refractivity contribution is 8.00. The van der Waals surface area contributed by atoms with Gasteiger partial charge < -0.3 is 14.7 Å². The van der Waals surface area contributed by atoms with Crippen LogP contribution in [0, 0.1) is 13.8 Å². The molecule has 1 aliphatic rings. The molecule has 1 N–H and O–H groups in total. The number of benzene rings is 1. The summed E-state index contributed by atoms with van der Waals surface area (Å²) in [5, 5.41) is 9.30. The van der Waals surface area contributed by atoms with Gasteiger partial charge in [-0.3, -0.25) is 4.79 Å². The van der Waals surface area contributed by atoms with Crippen LogP contribution in [0.25, 0.3) is 0 Å². The zero-order valence-electron chi connectivity index (χ0n) is 12.0. The minimum Gasteiger partial charge on any atom is -0.394 e. The fourth-order valence-electron chi connectivity index (χ4n) is 2.22. The van der Waals surface area contributed by atoms with Crippen molar-refractivity contribution >= 4 is 17.7 Å². The number of aliphatic hydroxyl groups excluding tert-OH is 1. The number of hydrogen-bond acceptors (Lipinski definition) is 4. The van der Waals surface area contributed by atoms with Crippen molar-refractivity contribution in [3.05, 3.63) is 29.3 Å². The van der Waals surface area contributed by atoms with E-state index in [-0.39, 0.29) is 18.6 Å². The number of hydrogen-bond donors (Lipinski definition) is 1. The molecule has 4 nitrogen and oxygen atoms in total. The lowest BCUT2D eigenvalue weighted by Crippen LogP contribution is -2.51. The molecule has 1 unspecified atom stereocenters. The van der Waals surface area contributed by atoms with Gasteiger partial charge in [-0.05, 0) is 25.5 Å². The van der Waals surface area contributed by atoms with Gasteiger partial charge in [0.1, 0.15) is 0 Å². The van der Waals surface area contributed by atoms with E-state index in [1.165, 1.54) is 11.1 Å². The van der Waals surface area contributed by atoms with Gasteiger partial charge in [0.15, 0.2) is 0 Å². The molecule has 0 spiro atoms. The number of morpholine rings is 1. The third-order valence-electron chi connectivity index (χ3n) is 3.45. The highest BCUT2D eigenvalue weighted by Crippen LogP contribution is 2.24. The van der Waals surface area contributed by atoms with Crippen LogP contribution in [0.5, 0.6) is 0 Å². The molecule has 1 heterocycles. The van der Waals surface area contributed by atoms with Crippen LogP contribution in [0.2, 0.25) is 0 Å². The first-order chi connectivity index (χ1) is 9.61. The van der Waals surface area contributed by atoms with Gasteiger partial charge in [0.05, 0.1) is 31.6 Å². The summed E-state index contributed by atoms with van der Waals surface area (Å²) in [7, 11) is 0. The first-order valence-electron chi connectivity index (χ1n) is 6.80. The van der Waals surface area contributed by atoms with Gasteiger partial charge in [0, 0.05) is 11.4 Å².